The molecule has 0 aromatic heterocycles. The van der Waals surface area contributed by atoms with Crippen LogP contribution in [0.5, 0.6) is 0 Å². The first-order valence-electron chi connectivity index (χ1n) is 4.01. The second-order valence-corrected chi connectivity index (χ2v) is 2.72. The van der Waals surface area contributed by atoms with Crippen LogP contribution in [0, 0.1) is 0 Å². The van der Waals surface area contributed by atoms with Gasteiger partial charge in [-0.05, 0) is 17.6 Å². The maximum atomic E-state index is 10.1. The molecule has 0 spiro atoms. The summed E-state index contributed by atoms with van der Waals surface area (Å²) < 4.78 is 0. The normalized spacial score (nSPS) is 13.1. The summed E-state index contributed by atoms with van der Waals surface area (Å²) in [6.45, 7) is 2.06. The number of aldehydes is 1. The van der Waals surface area contributed by atoms with Gasteiger partial charge in [0.05, 0.1) is 0 Å². The van der Waals surface area contributed by atoms with E-state index in [-0.39, 0.29) is 0 Å². The van der Waals surface area contributed by atoms with E-state index in [0.717, 1.165) is 6.29 Å². The van der Waals surface area contributed by atoms with Crippen LogP contribution in [-0.4, -0.2) is 6.29 Å². The van der Waals surface area contributed by atoms with Crippen LogP contribution in [0.4, 0.5) is 0 Å². The Morgan fingerprint density at radius 3 is 2.50 bits per heavy atom. The monoisotopic (exact) mass is 160 g/mol. The van der Waals surface area contributed by atoms with Crippen LogP contribution in [0.15, 0.2) is 42.5 Å². The molecule has 0 N–H and O–H groups in total. The molecule has 0 saturated heterocycles. The zero-order chi connectivity index (χ0) is 8.81. The van der Waals surface area contributed by atoms with Crippen molar-refractivity contribution in [2.45, 2.75) is 12.8 Å². The van der Waals surface area contributed by atoms with Crippen molar-refractivity contribution in [2.75, 3.05) is 0 Å². The van der Waals surface area contributed by atoms with E-state index >= 15 is 0 Å². The Morgan fingerprint density at radius 2 is 1.92 bits per heavy atom. The smallest absolute Gasteiger partial charge is 0.142 e. The van der Waals surface area contributed by atoms with E-state index in [1.165, 1.54) is 11.6 Å². The molecular formula is C11H12O. The minimum Gasteiger partial charge on any atom is -0.299 e. The molecule has 1 aromatic carbocycles. The molecule has 0 amide bonds. The number of allylic oxidation sites excluding steroid dienone is 2. The van der Waals surface area contributed by atoms with Gasteiger partial charge in [-0.2, -0.15) is 0 Å². The number of hydrogen-bond donors (Lipinski definition) is 0. The minimum absolute atomic E-state index is 0.316. The van der Waals surface area contributed by atoms with Crippen molar-refractivity contribution in [2.24, 2.45) is 0 Å². The van der Waals surface area contributed by atoms with Gasteiger partial charge < -0.3 is 0 Å². The number of carbonyl (C=O) groups excluding carboxylic acids is 1. The van der Waals surface area contributed by atoms with Gasteiger partial charge in [-0.25, -0.2) is 0 Å². The molecule has 0 saturated carbocycles. The third-order valence-electron chi connectivity index (χ3n) is 1.80. The fraction of sp³-hybridized carbons (Fsp3) is 0.182. The van der Waals surface area contributed by atoms with E-state index in [4.69, 9.17) is 0 Å². The summed E-state index contributed by atoms with van der Waals surface area (Å²) in [6.07, 6.45) is 4.24. The van der Waals surface area contributed by atoms with E-state index < -0.39 is 0 Å². The SMILES string of the molecule is CC(/C=C/C=O)c1ccccc1. The molecule has 12 heavy (non-hydrogen) atoms. The molecule has 1 nitrogen and oxygen atoms in total. The number of hydrogen-bond acceptors (Lipinski definition) is 1. The zero-order valence-electron chi connectivity index (χ0n) is 7.10. The molecular weight excluding hydrogens is 148 g/mol. The average Bonchev–Trinajstić information content (AvgIpc) is 2.15. The molecule has 0 bridgehead atoms. The summed E-state index contributed by atoms with van der Waals surface area (Å²) in [4.78, 5) is 10.1. The maximum Gasteiger partial charge on any atom is 0.142 e. The van der Waals surface area contributed by atoms with Crippen LogP contribution in [0.25, 0.3) is 0 Å². The quantitative estimate of drug-likeness (QED) is 0.490. The van der Waals surface area contributed by atoms with Gasteiger partial charge in [0.1, 0.15) is 6.29 Å². The Labute approximate surface area is 72.7 Å². The van der Waals surface area contributed by atoms with Crippen molar-refractivity contribution in [3.63, 3.8) is 0 Å². The highest BCUT2D eigenvalue weighted by Gasteiger charge is 1.97. The van der Waals surface area contributed by atoms with Crippen molar-refractivity contribution >= 4 is 6.29 Å². The standard InChI is InChI=1S/C11H12O/c1-10(6-5-9-12)11-7-3-2-4-8-11/h2-10H,1H3/b6-5+. The Hall–Kier alpha value is -1.37. The average molecular weight is 160 g/mol. The fourth-order valence-electron chi connectivity index (χ4n) is 1.08. The predicted octanol–water partition coefficient (Wildman–Crippen LogP) is 2.55. The Morgan fingerprint density at radius 1 is 1.25 bits per heavy atom. The Bertz CT molecular complexity index is 262. The van der Waals surface area contributed by atoms with Gasteiger partial charge in [-0.1, -0.05) is 43.3 Å². The second-order valence-electron chi connectivity index (χ2n) is 2.72. The van der Waals surface area contributed by atoms with Crippen LogP contribution in [-0.2, 0) is 4.79 Å². The minimum atomic E-state index is 0.316. The molecule has 0 radical (unpaired) electrons. The van der Waals surface area contributed by atoms with Gasteiger partial charge in [0.25, 0.3) is 0 Å². The van der Waals surface area contributed by atoms with E-state index in [0.29, 0.717) is 5.92 Å². The lowest BCUT2D eigenvalue weighted by Gasteiger charge is -2.04. The molecule has 0 heterocycles. The van der Waals surface area contributed by atoms with Crippen molar-refractivity contribution in [1.82, 2.24) is 0 Å². The van der Waals surface area contributed by atoms with E-state index in [9.17, 15) is 4.79 Å². The third kappa shape index (κ3) is 2.35. The van der Waals surface area contributed by atoms with Gasteiger partial charge in [0, 0.05) is 0 Å². The molecule has 1 heteroatoms. The molecule has 0 aliphatic rings. The fourth-order valence-corrected chi connectivity index (χ4v) is 1.08. The number of rotatable bonds is 3. The topological polar surface area (TPSA) is 17.1 Å². The summed E-state index contributed by atoms with van der Waals surface area (Å²) in [5.41, 5.74) is 1.23. The zero-order valence-corrected chi connectivity index (χ0v) is 7.10. The Balaban J connectivity index is 2.71. The van der Waals surface area contributed by atoms with E-state index in [2.05, 4.69) is 19.1 Å². The molecule has 1 rings (SSSR count). The van der Waals surface area contributed by atoms with Crippen LogP contribution >= 0.6 is 0 Å². The Kier molecular flexibility index (Phi) is 3.27. The van der Waals surface area contributed by atoms with Crippen molar-refractivity contribution in [3.05, 3.63) is 48.0 Å². The lowest BCUT2D eigenvalue weighted by Crippen LogP contribution is -1.87. The van der Waals surface area contributed by atoms with Gasteiger partial charge in [0.15, 0.2) is 0 Å². The van der Waals surface area contributed by atoms with Crippen LogP contribution in [0.3, 0.4) is 0 Å². The molecule has 0 fully saturated rings. The third-order valence-corrected chi connectivity index (χ3v) is 1.80. The second kappa shape index (κ2) is 4.50. The summed E-state index contributed by atoms with van der Waals surface area (Å²) in [7, 11) is 0. The van der Waals surface area contributed by atoms with Crippen molar-refractivity contribution in [3.8, 4) is 0 Å². The lowest BCUT2D eigenvalue weighted by molar-refractivity contribution is -0.104. The summed E-state index contributed by atoms with van der Waals surface area (Å²) in [6, 6.07) is 10.1. The summed E-state index contributed by atoms with van der Waals surface area (Å²) >= 11 is 0. The highest BCUT2D eigenvalue weighted by molar-refractivity contribution is 5.64. The van der Waals surface area contributed by atoms with Gasteiger partial charge in [-0.15, -0.1) is 0 Å². The molecule has 62 valence electrons. The van der Waals surface area contributed by atoms with Crippen LogP contribution < -0.4 is 0 Å². The highest BCUT2D eigenvalue weighted by Crippen LogP contribution is 2.14. The van der Waals surface area contributed by atoms with E-state index in [1.54, 1.807) is 0 Å². The maximum absolute atomic E-state index is 10.1. The number of carbonyl (C=O) groups is 1. The van der Waals surface area contributed by atoms with Crippen molar-refractivity contribution in [1.29, 1.82) is 0 Å². The summed E-state index contributed by atoms with van der Waals surface area (Å²) in [5, 5.41) is 0. The summed E-state index contributed by atoms with van der Waals surface area (Å²) in [5.74, 6) is 0.316. The van der Waals surface area contributed by atoms with Gasteiger partial charge in [0.2, 0.25) is 0 Å². The molecule has 1 aromatic rings. The van der Waals surface area contributed by atoms with Crippen LogP contribution in [0.2, 0.25) is 0 Å². The first kappa shape index (κ1) is 8.72. The van der Waals surface area contributed by atoms with Crippen molar-refractivity contribution < 1.29 is 4.79 Å². The lowest BCUT2D eigenvalue weighted by atomic mass is 10.0. The predicted molar refractivity (Wildman–Crippen MR) is 50.1 cm³/mol. The van der Waals surface area contributed by atoms with Gasteiger partial charge in [-0.3, -0.25) is 4.79 Å². The largest absolute Gasteiger partial charge is 0.299 e. The number of benzene rings is 1. The van der Waals surface area contributed by atoms with Gasteiger partial charge >= 0.3 is 0 Å². The highest BCUT2D eigenvalue weighted by atomic mass is 16.1. The molecule has 1 unspecified atom stereocenters. The first-order valence-corrected chi connectivity index (χ1v) is 4.01. The van der Waals surface area contributed by atoms with E-state index in [1.807, 2.05) is 24.3 Å². The molecule has 0 aliphatic heterocycles. The molecule has 1 atom stereocenters. The van der Waals surface area contributed by atoms with Crippen LogP contribution in [0.1, 0.15) is 18.4 Å². The first-order chi connectivity index (χ1) is 5.84. The molecule has 0 aliphatic carbocycles.